The number of hydrogen-bond acceptors (Lipinski definition) is 4. The normalized spacial score (nSPS) is 15.8. The number of hydrogen-bond donors (Lipinski definition) is 1. The SMILES string of the molecule is O=C(NCCN1CCCC1)c1cn2nc(Cl)ccc2n1. The molecule has 0 spiro atoms. The highest BCUT2D eigenvalue weighted by atomic mass is 35.5. The third-order valence-electron chi connectivity index (χ3n) is 3.43. The average Bonchev–Trinajstić information content (AvgIpc) is 3.06. The summed E-state index contributed by atoms with van der Waals surface area (Å²) >= 11 is 5.80. The summed E-state index contributed by atoms with van der Waals surface area (Å²) in [6, 6.07) is 3.38. The maximum Gasteiger partial charge on any atom is 0.271 e. The van der Waals surface area contributed by atoms with Crippen LogP contribution in [0.25, 0.3) is 5.65 Å². The second kappa shape index (κ2) is 5.76. The minimum absolute atomic E-state index is 0.175. The van der Waals surface area contributed by atoms with Crippen molar-refractivity contribution in [2.24, 2.45) is 0 Å². The Bertz CT molecular complexity index is 620. The molecule has 3 heterocycles. The third-order valence-corrected chi connectivity index (χ3v) is 3.63. The quantitative estimate of drug-likeness (QED) is 0.920. The van der Waals surface area contributed by atoms with Crippen molar-refractivity contribution < 1.29 is 4.79 Å². The number of fused-ring (bicyclic) bond motifs is 1. The van der Waals surface area contributed by atoms with E-state index in [0.29, 0.717) is 23.0 Å². The van der Waals surface area contributed by atoms with E-state index in [-0.39, 0.29) is 5.91 Å². The number of likely N-dealkylation sites (tertiary alicyclic amines) is 1. The Morgan fingerprint density at radius 1 is 1.35 bits per heavy atom. The van der Waals surface area contributed by atoms with Crippen LogP contribution in [0.4, 0.5) is 0 Å². The van der Waals surface area contributed by atoms with Gasteiger partial charge in [0.05, 0.1) is 6.20 Å². The van der Waals surface area contributed by atoms with Crippen molar-refractivity contribution in [3.63, 3.8) is 0 Å². The number of halogens is 1. The van der Waals surface area contributed by atoms with Gasteiger partial charge in [-0.05, 0) is 38.1 Å². The van der Waals surface area contributed by atoms with Crippen LogP contribution in [0.2, 0.25) is 5.15 Å². The van der Waals surface area contributed by atoms with Gasteiger partial charge in [-0.15, -0.1) is 0 Å². The van der Waals surface area contributed by atoms with E-state index in [1.807, 2.05) is 0 Å². The van der Waals surface area contributed by atoms with Crippen LogP contribution in [-0.4, -0.2) is 51.6 Å². The fraction of sp³-hybridized carbons (Fsp3) is 0.462. The standard InChI is InChI=1S/C13H16ClN5O/c14-11-3-4-12-16-10(9-19(12)17-11)13(20)15-5-8-18-6-1-2-7-18/h3-4,9H,1-2,5-8H2,(H,15,20). The topological polar surface area (TPSA) is 62.5 Å². The number of carbonyl (C=O) groups is 1. The van der Waals surface area contributed by atoms with Crippen LogP contribution < -0.4 is 5.32 Å². The lowest BCUT2D eigenvalue weighted by atomic mass is 10.4. The Hall–Kier alpha value is -1.66. The molecule has 1 saturated heterocycles. The van der Waals surface area contributed by atoms with Crippen LogP contribution in [-0.2, 0) is 0 Å². The van der Waals surface area contributed by atoms with Crippen LogP contribution in [0, 0.1) is 0 Å². The summed E-state index contributed by atoms with van der Waals surface area (Å²) in [6.07, 6.45) is 4.10. The Kier molecular flexibility index (Phi) is 3.84. The van der Waals surface area contributed by atoms with Crippen LogP contribution in [0.5, 0.6) is 0 Å². The van der Waals surface area contributed by atoms with Crippen molar-refractivity contribution in [3.05, 3.63) is 29.2 Å². The first kappa shape index (κ1) is 13.3. The number of amides is 1. The van der Waals surface area contributed by atoms with Gasteiger partial charge >= 0.3 is 0 Å². The second-order valence-electron chi connectivity index (χ2n) is 4.89. The summed E-state index contributed by atoms with van der Waals surface area (Å²) in [4.78, 5) is 18.6. The van der Waals surface area contributed by atoms with Crippen molar-refractivity contribution >= 4 is 23.2 Å². The van der Waals surface area contributed by atoms with Crippen molar-refractivity contribution in [3.8, 4) is 0 Å². The zero-order valence-electron chi connectivity index (χ0n) is 11.0. The fourth-order valence-corrected chi connectivity index (χ4v) is 2.54. The Morgan fingerprint density at radius 3 is 2.95 bits per heavy atom. The predicted octanol–water partition coefficient (Wildman–Crippen LogP) is 1.21. The van der Waals surface area contributed by atoms with Gasteiger partial charge in [-0.1, -0.05) is 11.6 Å². The molecule has 0 bridgehead atoms. The maximum atomic E-state index is 12.0. The van der Waals surface area contributed by atoms with Crippen LogP contribution in [0.1, 0.15) is 23.3 Å². The first-order valence-corrected chi connectivity index (χ1v) is 7.13. The second-order valence-corrected chi connectivity index (χ2v) is 5.28. The summed E-state index contributed by atoms with van der Waals surface area (Å²) < 4.78 is 1.51. The zero-order chi connectivity index (χ0) is 13.9. The minimum atomic E-state index is -0.175. The van der Waals surface area contributed by atoms with E-state index in [0.717, 1.165) is 19.6 Å². The molecule has 6 nitrogen and oxygen atoms in total. The summed E-state index contributed by atoms with van der Waals surface area (Å²) in [5, 5.41) is 7.31. The lowest BCUT2D eigenvalue weighted by Crippen LogP contribution is -2.33. The van der Waals surface area contributed by atoms with Gasteiger partial charge in [0, 0.05) is 13.1 Å². The van der Waals surface area contributed by atoms with E-state index in [9.17, 15) is 4.79 Å². The molecule has 20 heavy (non-hydrogen) atoms. The van der Waals surface area contributed by atoms with Crippen molar-refractivity contribution in [1.82, 2.24) is 24.8 Å². The van der Waals surface area contributed by atoms with E-state index in [1.165, 1.54) is 17.4 Å². The van der Waals surface area contributed by atoms with Gasteiger partial charge in [0.25, 0.3) is 5.91 Å². The summed E-state index contributed by atoms with van der Waals surface area (Å²) in [6.45, 7) is 3.80. The summed E-state index contributed by atoms with van der Waals surface area (Å²) in [5.74, 6) is -0.175. The van der Waals surface area contributed by atoms with Gasteiger partial charge in [-0.2, -0.15) is 5.10 Å². The number of aromatic nitrogens is 3. The molecule has 1 fully saturated rings. The fourth-order valence-electron chi connectivity index (χ4n) is 2.39. The molecule has 0 radical (unpaired) electrons. The molecule has 0 aromatic carbocycles. The molecule has 1 aliphatic rings. The van der Waals surface area contributed by atoms with Crippen LogP contribution in [0.15, 0.2) is 18.3 Å². The van der Waals surface area contributed by atoms with E-state index in [1.54, 1.807) is 18.3 Å². The lowest BCUT2D eigenvalue weighted by Gasteiger charge is -2.14. The maximum absolute atomic E-state index is 12.0. The summed E-state index contributed by atoms with van der Waals surface area (Å²) in [5.41, 5.74) is 0.972. The van der Waals surface area contributed by atoms with Gasteiger partial charge in [-0.3, -0.25) is 4.79 Å². The van der Waals surface area contributed by atoms with Gasteiger partial charge in [0.2, 0.25) is 0 Å². The van der Waals surface area contributed by atoms with E-state index in [4.69, 9.17) is 11.6 Å². The van der Waals surface area contributed by atoms with E-state index >= 15 is 0 Å². The van der Waals surface area contributed by atoms with Crippen LogP contribution >= 0.6 is 11.6 Å². The lowest BCUT2D eigenvalue weighted by molar-refractivity contribution is 0.0945. The molecule has 0 saturated carbocycles. The Labute approximate surface area is 121 Å². The monoisotopic (exact) mass is 293 g/mol. The first-order chi connectivity index (χ1) is 9.72. The molecule has 3 rings (SSSR count). The van der Waals surface area contributed by atoms with Crippen molar-refractivity contribution in [2.45, 2.75) is 12.8 Å². The molecule has 106 valence electrons. The van der Waals surface area contributed by atoms with Crippen LogP contribution in [0.3, 0.4) is 0 Å². The number of imidazole rings is 1. The molecule has 0 atom stereocenters. The number of carbonyl (C=O) groups excluding carboxylic acids is 1. The Morgan fingerprint density at radius 2 is 2.15 bits per heavy atom. The molecule has 0 aliphatic carbocycles. The predicted molar refractivity (Wildman–Crippen MR) is 76.0 cm³/mol. The zero-order valence-corrected chi connectivity index (χ0v) is 11.8. The molecule has 1 amide bonds. The minimum Gasteiger partial charge on any atom is -0.349 e. The van der Waals surface area contributed by atoms with Crippen molar-refractivity contribution in [1.29, 1.82) is 0 Å². The highest BCUT2D eigenvalue weighted by Gasteiger charge is 2.13. The molecule has 2 aromatic rings. The Balaban J connectivity index is 1.60. The average molecular weight is 294 g/mol. The highest BCUT2D eigenvalue weighted by Crippen LogP contribution is 2.08. The molecule has 0 unspecified atom stereocenters. The smallest absolute Gasteiger partial charge is 0.271 e. The number of nitrogens with zero attached hydrogens (tertiary/aromatic N) is 4. The molecular formula is C13H16ClN5O. The molecular weight excluding hydrogens is 278 g/mol. The highest BCUT2D eigenvalue weighted by molar-refractivity contribution is 6.29. The molecule has 1 aliphatic heterocycles. The first-order valence-electron chi connectivity index (χ1n) is 6.75. The van der Waals surface area contributed by atoms with Crippen molar-refractivity contribution in [2.75, 3.05) is 26.2 Å². The molecule has 7 heteroatoms. The van der Waals surface area contributed by atoms with E-state index < -0.39 is 0 Å². The molecule has 1 N–H and O–H groups in total. The van der Waals surface area contributed by atoms with Gasteiger partial charge in [0.15, 0.2) is 5.65 Å². The summed E-state index contributed by atoms with van der Waals surface area (Å²) in [7, 11) is 0. The van der Waals surface area contributed by atoms with Gasteiger partial charge in [-0.25, -0.2) is 9.50 Å². The van der Waals surface area contributed by atoms with Gasteiger partial charge < -0.3 is 10.2 Å². The molecule has 2 aromatic heterocycles. The van der Waals surface area contributed by atoms with Gasteiger partial charge in [0.1, 0.15) is 10.8 Å². The largest absolute Gasteiger partial charge is 0.349 e. The third kappa shape index (κ3) is 2.91. The van der Waals surface area contributed by atoms with E-state index in [2.05, 4.69) is 20.3 Å². The number of rotatable bonds is 4. The number of nitrogens with one attached hydrogen (secondary N) is 1.